The number of nitrogens with zero attached hydrogens (tertiary/aromatic N) is 4. The van der Waals surface area contributed by atoms with Crippen molar-refractivity contribution in [1.82, 2.24) is 19.6 Å². The zero-order valence-electron chi connectivity index (χ0n) is 16.3. The quantitative estimate of drug-likeness (QED) is 0.784. The van der Waals surface area contributed by atoms with Crippen LogP contribution in [0.25, 0.3) is 0 Å². The number of hydrogen-bond acceptors (Lipinski definition) is 4. The average Bonchev–Trinajstić information content (AvgIpc) is 3.21. The number of carbonyl (C=O) groups is 3. The van der Waals surface area contributed by atoms with E-state index in [2.05, 4.69) is 4.90 Å². The van der Waals surface area contributed by atoms with Gasteiger partial charge in [-0.25, -0.2) is 4.79 Å². The molecule has 3 amide bonds. The van der Waals surface area contributed by atoms with Gasteiger partial charge in [0.05, 0.1) is 12.3 Å². The van der Waals surface area contributed by atoms with Crippen LogP contribution in [0.2, 0.25) is 0 Å². The third-order valence-corrected chi connectivity index (χ3v) is 6.14. The van der Waals surface area contributed by atoms with Gasteiger partial charge in [0.15, 0.2) is 0 Å². The maximum absolute atomic E-state index is 13.0. The molecule has 2 unspecified atom stereocenters. The van der Waals surface area contributed by atoms with Crippen LogP contribution in [0.4, 0.5) is 4.79 Å². The Kier molecular flexibility index (Phi) is 6.57. The van der Waals surface area contributed by atoms with E-state index in [4.69, 9.17) is 5.11 Å². The van der Waals surface area contributed by atoms with Crippen molar-refractivity contribution in [2.24, 2.45) is 5.92 Å². The molecule has 3 aliphatic rings. The molecule has 152 valence electrons. The summed E-state index contributed by atoms with van der Waals surface area (Å²) >= 11 is 0. The largest absolute Gasteiger partial charge is 0.481 e. The molecular formula is C19H32N4O4. The van der Waals surface area contributed by atoms with Gasteiger partial charge in [0, 0.05) is 58.4 Å². The molecule has 8 heteroatoms. The maximum Gasteiger partial charge on any atom is 0.320 e. The standard InChI is InChI=1S/C19H32N4O4/c1-15(13-17(24)25)20-9-11-21(12-10-20)18(26)16-5-4-8-23(14-16)19(27)22-6-2-3-7-22/h15-16H,2-14H2,1H3,(H,24,25). The van der Waals surface area contributed by atoms with E-state index < -0.39 is 5.97 Å². The number of aliphatic carboxylic acids is 1. The molecule has 0 saturated carbocycles. The van der Waals surface area contributed by atoms with Crippen molar-refractivity contribution in [1.29, 1.82) is 0 Å². The van der Waals surface area contributed by atoms with E-state index in [9.17, 15) is 14.4 Å². The van der Waals surface area contributed by atoms with Crippen LogP contribution < -0.4 is 0 Å². The molecule has 3 saturated heterocycles. The minimum absolute atomic E-state index is 0.0111. The van der Waals surface area contributed by atoms with E-state index in [-0.39, 0.29) is 30.3 Å². The van der Waals surface area contributed by atoms with Gasteiger partial charge in [0.25, 0.3) is 0 Å². The number of carboxylic acids is 1. The van der Waals surface area contributed by atoms with Crippen molar-refractivity contribution in [3.8, 4) is 0 Å². The Balaban J connectivity index is 1.49. The SMILES string of the molecule is CC(CC(=O)O)N1CCN(C(=O)C2CCCN(C(=O)N3CCCC3)C2)CC1. The number of carboxylic acid groups (broad SMARTS) is 1. The molecule has 27 heavy (non-hydrogen) atoms. The molecule has 0 aliphatic carbocycles. The van der Waals surface area contributed by atoms with Crippen molar-refractivity contribution in [3.63, 3.8) is 0 Å². The van der Waals surface area contributed by atoms with Gasteiger partial charge in [0.1, 0.15) is 0 Å². The Hall–Kier alpha value is -1.83. The van der Waals surface area contributed by atoms with Crippen LogP contribution in [0.15, 0.2) is 0 Å². The number of likely N-dealkylation sites (tertiary alicyclic amines) is 2. The second kappa shape index (κ2) is 8.91. The van der Waals surface area contributed by atoms with Crippen molar-refractivity contribution >= 4 is 17.9 Å². The molecule has 0 spiro atoms. The summed E-state index contributed by atoms with van der Waals surface area (Å²) in [4.78, 5) is 44.3. The highest BCUT2D eigenvalue weighted by atomic mass is 16.4. The molecule has 3 rings (SSSR count). The number of piperidine rings is 1. The molecule has 3 fully saturated rings. The second-order valence-electron chi connectivity index (χ2n) is 8.07. The minimum Gasteiger partial charge on any atom is -0.481 e. The van der Waals surface area contributed by atoms with Crippen molar-refractivity contribution in [2.75, 3.05) is 52.4 Å². The number of piperazine rings is 1. The fraction of sp³-hybridized carbons (Fsp3) is 0.842. The third kappa shape index (κ3) is 4.91. The first kappa shape index (κ1) is 19.9. The van der Waals surface area contributed by atoms with Gasteiger partial charge in [-0.3, -0.25) is 14.5 Å². The minimum atomic E-state index is -0.786. The third-order valence-electron chi connectivity index (χ3n) is 6.14. The molecule has 0 aromatic heterocycles. The summed E-state index contributed by atoms with van der Waals surface area (Å²) in [6, 6.07) is 0.0836. The van der Waals surface area contributed by atoms with Crippen molar-refractivity contribution in [2.45, 2.75) is 45.1 Å². The zero-order valence-corrected chi connectivity index (χ0v) is 16.3. The fourth-order valence-electron chi connectivity index (χ4n) is 4.48. The first-order valence-corrected chi connectivity index (χ1v) is 10.2. The lowest BCUT2D eigenvalue weighted by molar-refractivity contribution is -0.141. The molecule has 0 aromatic rings. The van der Waals surface area contributed by atoms with Crippen LogP contribution in [0.3, 0.4) is 0 Å². The molecular weight excluding hydrogens is 348 g/mol. The monoisotopic (exact) mass is 380 g/mol. The van der Waals surface area contributed by atoms with Crippen LogP contribution in [0, 0.1) is 5.92 Å². The lowest BCUT2D eigenvalue weighted by atomic mass is 9.96. The van der Waals surface area contributed by atoms with Gasteiger partial charge in [-0.1, -0.05) is 0 Å². The highest BCUT2D eigenvalue weighted by Crippen LogP contribution is 2.22. The van der Waals surface area contributed by atoms with Crippen LogP contribution in [0.1, 0.15) is 39.0 Å². The fourth-order valence-corrected chi connectivity index (χ4v) is 4.48. The highest BCUT2D eigenvalue weighted by molar-refractivity contribution is 5.81. The lowest BCUT2D eigenvalue weighted by Gasteiger charge is -2.41. The van der Waals surface area contributed by atoms with Crippen LogP contribution >= 0.6 is 0 Å². The van der Waals surface area contributed by atoms with E-state index in [0.717, 1.165) is 45.3 Å². The number of carbonyl (C=O) groups excluding carboxylic acids is 2. The van der Waals surface area contributed by atoms with E-state index in [1.807, 2.05) is 21.6 Å². The number of amides is 3. The van der Waals surface area contributed by atoms with Crippen LogP contribution in [0.5, 0.6) is 0 Å². The molecule has 0 aromatic carbocycles. The lowest BCUT2D eigenvalue weighted by Crippen LogP contribution is -2.55. The Morgan fingerprint density at radius 3 is 2.15 bits per heavy atom. The molecule has 8 nitrogen and oxygen atoms in total. The normalized spacial score (nSPS) is 25.5. The van der Waals surface area contributed by atoms with Crippen LogP contribution in [-0.2, 0) is 9.59 Å². The Morgan fingerprint density at radius 2 is 1.52 bits per heavy atom. The smallest absolute Gasteiger partial charge is 0.320 e. The molecule has 1 N–H and O–H groups in total. The van der Waals surface area contributed by atoms with E-state index in [1.54, 1.807) is 0 Å². The predicted octanol–water partition coefficient (Wildman–Crippen LogP) is 0.922. The predicted molar refractivity (Wildman–Crippen MR) is 100 cm³/mol. The Morgan fingerprint density at radius 1 is 0.889 bits per heavy atom. The van der Waals surface area contributed by atoms with Gasteiger partial charge >= 0.3 is 12.0 Å². The molecule has 0 radical (unpaired) electrons. The van der Waals surface area contributed by atoms with Gasteiger partial charge in [-0.05, 0) is 32.6 Å². The van der Waals surface area contributed by atoms with E-state index in [0.29, 0.717) is 32.7 Å². The summed E-state index contributed by atoms with van der Waals surface area (Å²) in [5, 5.41) is 8.95. The number of hydrogen-bond donors (Lipinski definition) is 1. The number of urea groups is 1. The Bertz CT molecular complexity index is 556. The summed E-state index contributed by atoms with van der Waals surface area (Å²) in [6.45, 7) is 7.58. The molecule has 3 heterocycles. The second-order valence-corrected chi connectivity index (χ2v) is 8.07. The van der Waals surface area contributed by atoms with Gasteiger partial charge in [-0.15, -0.1) is 0 Å². The summed E-state index contributed by atoms with van der Waals surface area (Å²) in [5.74, 6) is -0.737. The summed E-state index contributed by atoms with van der Waals surface area (Å²) < 4.78 is 0. The average molecular weight is 380 g/mol. The topological polar surface area (TPSA) is 84.4 Å². The van der Waals surface area contributed by atoms with Crippen molar-refractivity contribution in [3.05, 3.63) is 0 Å². The van der Waals surface area contributed by atoms with Gasteiger partial charge in [0.2, 0.25) is 5.91 Å². The number of rotatable bonds is 4. The van der Waals surface area contributed by atoms with Crippen molar-refractivity contribution < 1.29 is 19.5 Å². The summed E-state index contributed by atoms with van der Waals surface area (Å²) in [5.41, 5.74) is 0. The summed E-state index contributed by atoms with van der Waals surface area (Å²) in [6.07, 6.45) is 4.01. The molecule has 0 bridgehead atoms. The van der Waals surface area contributed by atoms with E-state index >= 15 is 0 Å². The van der Waals surface area contributed by atoms with Gasteiger partial charge in [-0.2, -0.15) is 0 Å². The highest BCUT2D eigenvalue weighted by Gasteiger charge is 2.34. The maximum atomic E-state index is 13.0. The first-order chi connectivity index (χ1) is 13.0. The molecule has 3 aliphatic heterocycles. The van der Waals surface area contributed by atoms with Crippen LogP contribution in [-0.4, -0.2) is 101 Å². The molecule has 2 atom stereocenters. The Labute approximate surface area is 161 Å². The van der Waals surface area contributed by atoms with Gasteiger partial charge < -0.3 is 19.8 Å². The summed E-state index contributed by atoms with van der Waals surface area (Å²) in [7, 11) is 0. The van der Waals surface area contributed by atoms with E-state index in [1.165, 1.54) is 0 Å². The zero-order chi connectivity index (χ0) is 19.4. The first-order valence-electron chi connectivity index (χ1n) is 10.2.